The maximum atomic E-state index is 13.0. The van der Waals surface area contributed by atoms with Gasteiger partial charge in [0.05, 0.1) is 18.1 Å². The van der Waals surface area contributed by atoms with Crippen molar-refractivity contribution < 1.29 is 14.3 Å². The van der Waals surface area contributed by atoms with Gasteiger partial charge in [0.15, 0.2) is 0 Å². The van der Waals surface area contributed by atoms with Crippen LogP contribution in [0.3, 0.4) is 0 Å². The Morgan fingerprint density at radius 3 is 2.58 bits per heavy atom. The van der Waals surface area contributed by atoms with Crippen molar-refractivity contribution in [2.24, 2.45) is 23.7 Å². The summed E-state index contributed by atoms with van der Waals surface area (Å²) >= 11 is 0. The number of fused-ring (bicyclic) bond motifs is 1. The third-order valence-corrected chi connectivity index (χ3v) is 5.66. The maximum Gasteiger partial charge on any atom is 0.309 e. The Morgan fingerprint density at radius 1 is 1.23 bits per heavy atom. The number of nitrogens with zero attached hydrogens (tertiary/aromatic N) is 2. The Bertz CT molecular complexity index is 713. The van der Waals surface area contributed by atoms with Gasteiger partial charge in [-0.05, 0) is 51.5 Å². The lowest BCUT2D eigenvalue weighted by molar-refractivity contribution is -0.152. The third-order valence-electron chi connectivity index (χ3n) is 5.66. The average Bonchev–Trinajstić information content (AvgIpc) is 3.20. The van der Waals surface area contributed by atoms with Crippen molar-refractivity contribution >= 4 is 11.9 Å². The van der Waals surface area contributed by atoms with E-state index in [0.717, 1.165) is 0 Å². The number of likely N-dealkylation sites (tertiary alicyclic amines) is 1. The molecule has 5 nitrogen and oxygen atoms in total. The molecule has 4 atom stereocenters. The molecule has 2 heterocycles. The second-order valence-electron chi connectivity index (χ2n) is 8.54. The summed E-state index contributed by atoms with van der Waals surface area (Å²) in [6, 6.07) is 1.89. The fourth-order valence-corrected chi connectivity index (χ4v) is 4.18. The number of esters is 1. The van der Waals surface area contributed by atoms with E-state index in [1.807, 2.05) is 30.3 Å². The summed E-state index contributed by atoms with van der Waals surface area (Å²) in [5.74, 6) is 0.268. The molecule has 0 bridgehead atoms. The highest BCUT2D eigenvalue weighted by Gasteiger charge is 2.46. The second kappa shape index (κ2) is 6.93. The molecule has 0 aromatic carbocycles. The van der Waals surface area contributed by atoms with Gasteiger partial charge in [0.1, 0.15) is 0 Å². The first-order valence-electron chi connectivity index (χ1n) is 9.55. The molecular formula is C21H30N2O3. The van der Waals surface area contributed by atoms with Crippen LogP contribution in [0, 0.1) is 23.7 Å². The molecular weight excluding hydrogens is 328 g/mol. The number of allylic oxidation sites excluding steroid dienone is 1. The Kier molecular flexibility index (Phi) is 5.00. The summed E-state index contributed by atoms with van der Waals surface area (Å²) in [7, 11) is 0. The first kappa shape index (κ1) is 18.7. The number of carbonyl (C=O) groups excluding carboxylic acids is 2. The predicted molar refractivity (Wildman–Crippen MR) is 101 cm³/mol. The molecule has 26 heavy (non-hydrogen) atoms. The molecule has 0 unspecified atom stereocenters. The first-order valence-corrected chi connectivity index (χ1v) is 9.55. The highest BCUT2D eigenvalue weighted by atomic mass is 16.5. The molecule has 1 aliphatic carbocycles. The molecule has 0 spiro atoms. The molecule has 1 amide bonds. The molecule has 0 saturated carbocycles. The van der Waals surface area contributed by atoms with Crippen molar-refractivity contribution in [3.63, 3.8) is 0 Å². The van der Waals surface area contributed by atoms with Gasteiger partial charge in [0.25, 0.3) is 5.91 Å². The fraction of sp³-hybridized carbons (Fsp3) is 0.619. The minimum absolute atomic E-state index is 0.0473. The zero-order valence-corrected chi connectivity index (χ0v) is 16.4. The van der Waals surface area contributed by atoms with Crippen molar-refractivity contribution in [1.82, 2.24) is 9.47 Å². The first-order chi connectivity index (χ1) is 12.2. The zero-order valence-electron chi connectivity index (χ0n) is 16.4. The van der Waals surface area contributed by atoms with Gasteiger partial charge in [-0.1, -0.05) is 19.1 Å². The van der Waals surface area contributed by atoms with Crippen LogP contribution in [0.4, 0.5) is 0 Å². The lowest BCUT2D eigenvalue weighted by Gasteiger charge is -2.31. The molecule has 1 saturated heterocycles. The Hall–Kier alpha value is -2.04. The van der Waals surface area contributed by atoms with Crippen LogP contribution in [0.2, 0.25) is 0 Å². The van der Waals surface area contributed by atoms with Crippen molar-refractivity contribution in [2.75, 3.05) is 19.7 Å². The van der Waals surface area contributed by atoms with Gasteiger partial charge >= 0.3 is 5.97 Å². The molecule has 0 radical (unpaired) electrons. The Labute approximate surface area is 156 Å². The smallest absolute Gasteiger partial charge is 0.309 e. The van der Waals surface area contributed by atoms with Crippen molar-refractivity contribution in [1.29, 1.82) is 0 Å². The highest BCUT2D eigenvalue weighted by Crippen LogP contribution is 2.40. The van der Waals surface area contributed by atoms with Crippen LogP contribution in [0.1, 0.15) is 45.0 Å². The van der Waals surface area contributed by atoms with E-state index >= 15 is 0 Å². The number of hydrogen-bond acceptors (Lipinski definition) is 3. The third kappa shape index (κ3) is 3.44. The van der Waals surface area contributed by atoms with Crippen LogP contribution in [0.25, 0.3) is 0 Å². The SMILES string of the molecule is CCOC(=O)[C@@H]1[C@H]2CN(C(=O)c3ccn(C(C)(C)C)c3)C[C@@H]2C=C[C@@H]1C. The predicted octanol–water partition coefficient (Wildman–Crippen LogP) is 3.32. The lowest BCUT2D eigenvalue weighted by Crippen LogP contribution is -2.37. The van der Waals surface area contributed by atoms with Crippen LogP contribution in [-0.4, -0.2) is 41.0 Å². The summed E-state index contributed by atoms with van der Waals surface area (Å²) in [4.78, 5) is 27.3. The molecule has 1 aliphatic heterocycles. The van der Waals surface area contributed by atoms with Crippen molar-refractivity contribution in [3.8, 4) is 0 Å². The number of amides is 1. The van der Waals surface area contributed by atoms with E-state index in [1.165, 1.54) is 0 Å². The van der Waals surface area contributed by atoms with Gasteiger partial charge in [-0.15, -0.1) is 0 Å². The Balaban J connectivity index is 1.76. The summed E-state index contributed by atoms with van der Waals surface area (Å²) in [6.45, 7) is 11.9. The fourth-order valence-electron chi connectivity index (χ4n) is 4.18. The lowest BCUT2D eigenvalue weighted by atomic mass is 9.72. The van der Waals surface area contributed by atoms with E-state index in [2.05, 4.69) is 44.4 Å². The van der Waals surface area contributed by atoms with E-state index in [0.29, 0.717) is 25.3 Å². The van der Waals surface area contributed by atoms with Gasteiger partial charge in [-0.3, -0.25) is 9.59 Å². The average molecular weight is 358 g/mol. The summed E-state index contributed by atoms with van der Waals surface area (Å²) in [6.07, 6.45) is 8.16. The standard InChI is InChI=1S/C21H30N2O3/c1-6-26-20(25)18-14(2)7-8-15-11-22(13-17(15)18)19(24)16-9-10-23(12-16)21(3,4)5/h7-10,12,14-15,17-18H,6,11,13H2,1-5H3/t14-,15-,17-,18-/m0/s1. The van der Waals surface area contributed by atoms with Crippen LogP contribution >= 0.6 is 0 Å². The minimum atomic E-state index is -0.165. The van der Waals surface area contributed by atoms with Crippen molar-refractivity contribution in [2.45, 2.75) is 40.2 Å². The van der Waals surface area contributed by atoms with Gasteiger partial charge in [0.2, 0.25) is 0 Å². The zero-order chi connectivity index (χ0) is 19.1. The molecule has 3 rings (SSSR count). The number of carbonyl (C=O) groups is 2. The molecule has 5 heteroatoms. The Morgan fingerprint density at radius 2 is 1.96 bits per heavy atom. The van der Waals surface area contributed by atoms with E-state index < -0.39 is 0 Å². The molecule has 1 aromatic heterocycles. The van der Waals surface area contributed by atoms with E-state index in [1.54, 1.807) is 0 Å². The van der Waals surface area contributed by atoms with Crippen LogP contribution in [-0.2, 0) is 15.1 Å². The van der Waals surface area contributed by atoms with Crippen molar-refractivity contribution in [3.05, 3.63) is 36.2 Å². The minimum Gasteiger partial charge on any atom is -0.466 e. The molecule has 1 aromatic rings. The monoisotopic (exact) mass is 358 g/mol. The largest absolute Gasteiger partial charge is 0.466 e. The normalized spacial score (nSPS) is 28.1. The van der Waals surface area contributed by atoms with Gasteiger partial charge in [0, 0.05) is 31.0 Å². The van der Waals surface area contributed by atoms with E-state index in [-0.39, 0.29) is 41.1 Å². The second-order valence-corrected chi connectivity index (χ2v) is 8.54. The molecule has 1 fully saturated rings. The van der Waals surface area contributed by atoms with Crippen LogP contribution < -0.4 is 0 Å². The maximum absolute atomic E-state index is 13.0. The molecule has 0 N–H and O–H groups in total. The summed E-state index contributed by atoms with van der Waals surface area (Å²) < 4.78 is 7.36. The molecule has 2 aliphatic rings. The van der Waals surface area contributed by atoms with E-state index in [4.69, 9.17) is 4.74 Å². The quantitative estimate of drug-likeness (QED) is 0.615. The van der Waals surface area contributed by atoms with Gasteiger partial charge in [-0.2, -0.15) is 0 Å². The van der Waals surface area contributed by atoms with Gasteiger partial charge < -0.3 is 14.2 Å². The number of hydrogen-bond donors (Lipinski definition) is 0. The number of ether oxygens (including phenoxy) is 1. The van der Waals surface area contributed by atoms with E-state index in [9.17, 15) is 9.59 Å². The molecule has 142 valence electrons. The summed E-state index contributed by atoms with van der Waals surface area (Å²) in [5.41, 5.74) is 0.660. The topological polar surface area (TPSA) is 51.5 Å². The number of aromatic nitrogens is 1. The number of rotatable bonds is 3. The van der Waals surface area contributed by atoms with Crippen LogP contribution in [0.5, 0.6) is 0 Å². The van der Waals surface area contributed by atoms with Gasteiger partial charge in [-0.25, -0.2) is 0 Å². The summed E-state index contributed by atoms with van der Waals surface area (Å²) in [5, 5.41) is 0. The van der Waals surface area contributed by atoms with Crippen LogP contribution in [0.15, 0.2) is 30.6 Å². The highest BCUT2D eigenvalue weighted by molar-refractivity contribution is 5.94.